The van der Waals surface area contributed by atoms with Gasteiger partial charge in [-0.3, -0.25) is 10.1 Å². The van der Waals surface area contributed by atoms with E-state index in [2.05, 4.69) is 10.6 Å². The van der Waals surface area contributed by atoms with Crippen LogP contribution in [0.4, 0.5) is 0 Å². The van der Waals surface area contributed by atoms with Gasteiger partial charge in [-0.2, -0.15) is 0 Å². The highest BCUT2D eigenvalue weighted by atomic mass is 32.1. The molecule has 0 radical (unpaired) electrons. The molecule has 0 aliphatic carbocycles. The number of hydrogen-bond donors (Lipinski definition) is 2. The average Bonchev–Trinajstić information content (AvgIpc) is 2.73. The van der Waals surface area contributed by atoms with E-state index in [1.807, 2.05) is 66.7 Å². The molecule has 0 heterocycles. The monoisotopic (exact) mass is 376 g/mol. The summed E-state index contributed by atoms with van der Waals surface area (Å²) in [7, 11) is 1.63. The van der Waals surface area contributed by atoms with Crippen molar-refractivity contribution >= 4 is 23.2 Å². The van der Waals surface area contributed by atoms with Crippen molar-refractivity contribution in [1.82, 2.24) is 10.6 Å². The molecule has 0 spiro atoms. The van der Waals surface area contributed by atoms with E-state index in [9.17, 15) is 4.79 Å². The molecule has 3 rings (SSSR count). The summed E-state index contributed by atoms with van der Waals surface area (Å²) in [6, 6.07) is 25.1. The highest BCUT2D eigenvalue weighted by Gasteiger charge is 2.08. The highest BCUT2D eigenvalue weighted by molar-refractivity contribution is 7.80. The van der Waals surface area contributed by atoms with Gasteiger partial charge in [-0.05, 0) is 53.2 Å². The van der Waals surface area contributed by atoms with Gasteiger partial charge in [0, 0.05) is 12.1 Å². The van der Waals surface area contributed by atoms with Gasteiger partial charge in [0.15, 0.2) is 5.11 Å². The topological polar surface area (TPSA) is 50.4 Å². The first-order valence-corrected chi connectivity index (χ1v) is 8.94. The zero-order valence-electron chi connectivity index (χ0n) is 14.9. The van der Waals surface area contributed by atoms with E-state index >= 15 is 0 Å². The van der Waals surface area contributed by atoms with Crippen molar-refractivity contribution in [2.45, 2.75) is 6.54 Å². The smallest absolute Gasteiger partial charge is 0.257 e. The van der Waals surface area contributed by atoms with Crippen molar-refractivity contribution in [2.24, 2.45) is 0 Å². The molecule has 0 atom stereocenters. The Labute approximate surface area is 164 Å². The maximum absolute atomic E-state index is 12.3. The van der Waals surface area contributed by atoms with Gasteiger partial charge in [0.1, 0.15) is 5.75 Å². The van der Waals surface area contributed by atoms with Crippen molar-refractivity contribution in [2.75, 3.05) is 7.11 Å². The third kappa shape index (κ3) is 5.15. The SMILES string of the molecule is COc1ccc(CNC(=S)NC(=O)c2ccc(-c3ccccc3)cc2)cc1. The summed E-state index contributed by atoms with van der Waals surface area (Å²) in [6.45, 7) is 0.524. The third-order valence-corrected chi connectivity index (χ3v) is 4.34. The summed E-state index contributed by atoms with van der Waals surface area (Å²) in [5.74, 6) is 0.565. The molecule has 0 saturated carbocycles. The number of methoxy groups -OCH3 is 1. The van der Waals surface area contributed by atoms with E-state index < -0.39 is 0 Å². The van der Waals surface area contributed by atoms with Crippen LogP contribution in [0.5, 0.6) is 5.75 Å². The largest absolute Gasteiger partial charge is 0.497 e. The molecule has 0 unspecified atom stereocenters. The lowest BCUT2D eigenvalue weighted by Crippen LogP contribution is -2.38. The first-order valence-electron chi connectivity index (χ1n) is 8.53. The van der Waals surface area contributed by atoms with Crippen LogP contribution in [0, 0.1) is 0 Å². The summed E-state index contributed by atoms with van der Waals surface area (Å²) in [6.07, 6.45) is 0. The molecular weight excluding hydrogens is 356 g/mol. The Kier molecular flexibility index (Phi) is 6.18. The molecule has 4 nitrogen and oxygen atoms in total. The van der Waals surface area contributed by atoms with Crippen LogP contribution in [0.1, 0.15) is 15.9 Å². The van der Waals surface area contributed by atoms with Gasteiger partial charge in [-0.1, -0.05) is 54.6 Å². The molecule has 1 amide bonds. The lowest BCUT2D eigenvalue weighted by molar-refractivity contribution is 0.0976. The summed E-state index contributed by atoms with van der Waals surface area (Å²) in [5.41, 5.74) is 3.77. The quantitative estimate of drug-likeness (QED) is 0.657. The Morgan fingerprint density at radius 3 is 2.15 bits per heavy atom. The number of thiocarbonyl (C=S) groups is 1. The fourth-order valence-corrected chi connectivity index (χ4v) is 2.75. The van der Waals surface area contributed by atoms with E-state index in [1.54, 1.807) is 19.2 Å². The number of hydrogen-bond acceptors (Lipinski definition) is 3. The van der Waals surface area contributed by atoms with Gasteiger partial charge in [-0.15, -0.1) is 0 Å². The second-order valence-corrected chi connectivity index (χ2v) is 6.34. The van der Waals surface area contributed by atoms with E-state index in [-0.39, 0.29) is 5.91 Å². The number of carbonyl (C=O) groups excluding carboxylic acids is 1. The molecule has 2 N–H and O–H groups in total. The molecular formula is C22H20N2O2S. The Balaban J connectivity index is 1.54. The van der Waals surface area contributed by atoms with Crippen LogP contribution < -0.4 is 15.4 Å². The van der Waals surface area contributed by atoms with Gasteiger partial charge in [0.25, 0.3) is 5.91 Å². The number of amides is 1. The van der Waals surface area contributed by atoms with E-state index in [0.29, 0.717) is 17.2 Å². The molecule has 3 aromatic carbocycles. The number of nitrogens with one attached hydrogen (secondary N) is 2. The zero-order valence-corrected chi connectivity index (χ0v) is 15.8. The first kappa shape index (κ1) is 18.6. The maximum atomic E-state index is 12.3. The Morgan fingerprint density at radius 2 is 1.52 bits per heavy atom. The summed E-state index contributed by atoms with van der Waals surface area (Å²) >= 11 is 5.21. The standard InChI is InChI=1S/C22H20N2O2S/c1-26-20-13-7-16(8-14-20)15-23-22(27)24-21(25)19-11-9-18(10-12-19)17-5-3-2-4-6-17/h2-14H,15H2,1H3,(H2,23,24,25,27). The molecule has 0 aliphatic rings. The van der Waals surface area contributed by atoms with Gasteiger partial charge in [0.05, 0.1) is 7.11 Å². The van der Waals surface area contributed by atoms with Crippen LogP contribution >= 0.6 is 12.2 Å². The molecule has 0 saturated heterocycles. The zero-order chi connectivity index (χ0) is 19.1. The maximum Gasteiger partial charge on any atom is 0.257 e. The lowest BCUT2D eigenvalue weighted by atomic mass is 10.0. The first-order chi connectivity index (χ1) is 13.2. The normalized spacial score (nSPS) is 10.1. The molecule has 0 aromatic heterocycles. The van der Waals surface area contributed by atoms with Crippen LogP contribution in [0.15, 0.2) is 78.9 Å². The highest BCUT2D eigenvalue weighted by Crippen LogP contribution is 2.19. The van der Waals surface area contributed by atoms with Gasteiger partial charge in [0.2, 0.25) is 0 Å². The van der Waals surface area contributed by atoms with E-state index in [4.69, 9.17) is 17.0 Å². The molecule has 136 valence electrons. The minimum absolute atomic E-state index is 0.234. The molecule has 27 heavy (non-hydrogen) atoms. The predicted octanol–water partition coefficient (Wildman–Crippen LogP) is 4.17. The van der Waals surface area contributed by atoms with Gasteiger partial charge >= 0.3 is 0 Å². The summed E-state index contributed by atoms with van der Waals surface area (Å²) < 4.78 is 5.13. The van der Waals surface area contributed by atoms with Crippen molar-refractivity contribution in [3.63, 3.8) is 0 Å². The predicted molar refractivity (Wildman–Crippen MR) is 112 cm³/mol. The third-order valence-electron chi connectivity index (χ3n) is 4.09. The average molecular weight is 376 g/mol. The van der Waals surface area contributed by atoms with Crippen molar-refractivity contribution in [1.29, 1.82) is 0 Å². The summed E-state index contributed by atoms with van der Waals surface area (Å²) in [4.78, 5) is 12.3. The van der Waals surface area contributed by atoms with Crippen molar-refractivity contribution < 1.29 is 9.53 Å². The Morgan fingerprint density at radius 1 is 0.889 bits per heavy atom. The second-order valence-electron chi connectivity index (χ2n) is 5.93. The van der Waals surface area contributed by atoms with Crippen molar-refractivity contribution in [3.8, 4) is 16.9 Å². The van der Waals surface area contributed by atoms with E-state index in [1.165, 1.54) is 0 Å². The molecule has 0 aliphatic heterocycles. The number of carbonyl (C=O) groups is 1. The number of rotatable bonds is 5. The van der Waals surface area contributed by atoms with Crippen LogP contribution in [0.2, 0.25) is 0 Å². The molecule has 0 bridgehead atoms. The van der Waals surface area contributed by atoms with Crippen LogP contribution in [0.3, 0.4) is 0 Å². The van der Waals surface area contributed by atoms with Crippen LogP contribution in [-0.4, -0.2) is 18.1 Å². The van der Waals surface area contributed by atoms with E-state index in [0.717, 1.165) is 22.4 Å². The minimum Gasteiger partial charge on any atom is -0.497 e. The molecule has 3 aromatic rings. The number of ether oxygens (including phenoxy) is 1. The lowest BCUT2D eigenvalue weighted by Gasteiger charge is -2.10. The van der Waals surface area contributed by atoms with Gasteiger partial charge < -0.3 is 10.1 Å². The Bertz CT molecular complexity index is 907. The fraction of sp³-hybridized carbons (Fsp3) is 0.0909. The van der Waals surface area contributed by atoms with Crippen LogP contribution in [-0.2, 0) is 6.54 Å². The fourth-order valence-electron chi connectivity index (χ4n) is 2.59. The number of benzene rings is 3. The minimum atomic E-state index is -0.234. The second kappa shape index (κ2) is 8.96. The van der Waals surface area contributed by atoms with Gasteiger partial charge in [-0.25, -0.2) is 0 Å². The van der Waals surface area contributed by atoms with Crippen molar-refractivity contribution in [3.05, 3.63) is 90.0 Å². The Hall–Kier alpha value is -3.18. The summed E-state index contributed by atoms with van der Waals surface area (Å²) in [5, 5.41) is 6.03. The molecule has 0 fully saturated rings. The van der Waals surface area contributed by atoms with Crippen LogP contribution in [0.25, 0.3) is 11.1 Å². The molecule has 5 heteroatoms.